The summed E-state index contributed by atoms with van der Waals surface area (Å²) in [5.74, 6) is 4.76. The number of para-hydroxylation sites is 2. The Morgan fingerprint density at radius 1 is 0.300 bits per heavy atom. The van der Waals surface area contributed by atoms with Gasteiger partial charge in [-0.1, -0.05) is 133 Å². The van der Waals surface area contributed by atoms with E-state index < -0.39 is 0 Å². The predicted octanol–water partition coefficient (Wildman–Crippen LogP) is 10.6. The molecule has 7 nitrogen and oxygen atoms in total. The van der Waals surface area contributed by atoms with Crippen LogP contribution in [0.2, 0.25) is 0 Å². The zero-order valence-corrected chi connectivity index (χ0v) is 26.8. The summed E-state index contributed by atoms with van der Waals surface area (Å²) in [5, 5.41) is 0. The van der Waals surface area contributed by atoms with Crippen LogP contribution in [0.4, 0.5) is 0 Å². The van der Waals surface area contributed by atoms with Crippen molar-refractivity contribution >= 4 is 0 Å². The molecule has 8 aromatic rings. The lowest BCUT2D eigenvalue weighted by Gasteiger charge is -2.20. The smallest absolute Gasteiger partial charge is 0.170 e. The van der Waals surface area contributed by atoms with E-state index in [-0.39, 0.29) is 0 Å². The molecule has 0 unspecified atom stereocenters. The average molecular weight is 648 g/mol. The zero-order chi connectivity index (χ0) is 33.5. The van der Waals surface area contributed by atoms with E-state index in [1.54, 1.807) is 6.33 Å². The van der Waals surface area contributed by atoms with Crippen molar-refractivity contribution in [3.05, 3.63) is 176 Å². The number of hydrogen-bond donors (Lipinski definition) is 0. The third-order valence-electron chi connectivity index (χ3n) is 7.99. The maximum Gasteiger partial charge on any atom is 0.170 e. The Morgan fingerprint density at radius 3 is 1.22 bits per heavy atom. The SMILES string of the molecule is c1ccc(-c2cc(-c3ccccc3)nc(-c3ccc4c(c3)Oc3ccccc3O4)n2)cc1.c1ccc(-c2ncnc(-c3ccccc3)n2)cc1. The van der Waals surface area contributed by atoms with Gasteiger partial charge in [-0.2, -0.15) is 0 Å². The van der Waals surface area contributed by atoms with Gasteiger partial charge in [0.1, 0.15) is 6.33 Å². The second-order valence-corrected chi connectivity index (χ2v) is 11.4. The van der Waals surface area contributed by atoms with E-state index >= 15 is 0 Å². The number of fused-ring (bicyclic) bond motifs is 2. The molecule has 0 saturated carbocycles. The number of aromatic nitrogens is 5. The molecule has 238 valence electrons. The van der Waals surface area contributed by atoms with E-state index in [1.807, 2.05) is 146 Å². The molecule has 7 heteroatoms. The minimum Gasteiger partial charge on any atom is -0.450 e. The van der Waals surface area contributed by atoms with Gasteiger partial charge in [0.2, 0.25) is 0 Å². The first-order chi connectivity index (χ1) is 24.8. The topological polar surface area (TPSA) is 82.9 Å². The van der Waals surface area contributed by atoms with Crippen molar-refractivity contribution in [1.82, 2.24) is 24.9 Å². The van der Waals surface area contributed by atoms with E-state index in [4.69, 9.17) is 19.4 Å². The second-order valence-electron chi connectivity index (χ2n) is 11.4. The van der Waals surface area contributed by atoms with Crippen LogP contribution >= 0.6 is 0 Å². The molecule has 0 radical (unpaired) electrons. The Kier molecular flexibility index (Phi) is 8.51. The van der Waals surface area contributed by atoms with Crippen LogP contribution in [-0.4, -0.2) is 24.9 Å². The van der Waals surface area contributed by atoms with Gasteiger partial charge >= 0.3 is 0 Å². The third-order valence-corrected chi connectivity index (χ3v) is 7.99. The monoisotopic (exact) mass is 647 g/mol. The number of benzene rings is 6. The summed E-state index contributed by atoms with van der Waals surface area (Å²) in [5.41, 5.74) is 6.68. The molecule has 50 heavy (non-hydrogen) atoms. The second kappa shape index (κ2) is 14.0. The molecular weight excluding hydrogens is 619 g/mol. The number of rotatable bonds is 5. The minimum absolute atomic E-state index is 0.635. The first-order valence-electron chi connectivity index (χ1n) is 16.2. The predicted molar refractivity (Wildman–Crippen MR) is 196 cm³/mol. The van der Waals surface area contributed by atoms with Crippen LogP contribution < -0.4 is 9.47 Å². The summed E-state index contributed by atoms with van der Waals surface area (Å²) in [6, 6.07) is 55.6. The zero-order valence-electron chi connectivity index (χ0n) is 26.8. The van der Waals surface area contributed by atoms with Gasteiger partial charge < -0.3 is 9.47 Å². The fraction of sp³-hybridized carbons (Fsp3) is 0. The highest BCUT2D eigenvalue weighted by Crippen LogP contribution is 2.46. The quantitative estimate of drug-likeness (QED) is 0.184. The van der Waals surface area contributed by atoms with Crippen LogP contribution in [-0.2, 0) is 0 Å². The fourth-order valence-corrected chi connectivity index (χ4v) is 5.51. The normalized spacial score (nSPS) is 11.1. The highest BCUT2D eigenvalue weighted by Gasteiger charge is 2.20. The lowest BCUT2D eigenvalue weighted by Crippen LogP contribution is -2.00. The molecule has 1 aliphatic heterocycles. The minimum atomic E-state index is 0.635. The molecule has 1 aliphatic rings. The lowest BCUT2D eigenvalue weighted by molar-refractivity contribution is 0.360. The van der Waals surface area contributed by atoms with Crippen LogP contribution in [0.25, 0.3) is 56.7 Å². The van der Waals surface area contributed by atoms with Crippen molar-refractivity contribution in [1.29, 1.82) is 0 Å². The molecule has 0 fully saturated rings. The summed E-state index contributed by atoms with van der Waals surface area (Å²) in [6.45, 7) is 0. The molecule has 9 rings (SSSR count). The molecule has 0 aliphatic carbocycles. The van der Waals surface area contributed by atoms with Crippen LogP contribution in [0.1, 0.15) is 0 Å². The third kappa shape index (κ3) is 6.70. The molecule has 6 aromatic carbocycles. The molecule has 0 N–H and O–H groups in total. The molecule has 0 amide bonds. The Hall–Kier alpha value is -6.99. The van der Waals surface area contributed by atoms with Gasteiger partial charge in [-0.25, -0.2) is 24.9 Å². The van der Waals surface area contributed by atoms with E-state index in [2.05, 4.69) is 39.2 Å². The van der Waals surface area contributed by atoms with E-state index in [1.165, 1.54) is 0 Å². The van der Waals surface area contributed by atoms with Crippen molar-refractivity contribution < 1.29 is 9.47 Å². The van der Waals surface area contributed by atoms with Crippen LogP contribution in [0.3, 0.4) is 0 Å². The molecule has 2 aromatic heterocycles. The maximum absolute atomic E-state index is 6.09. The summed E-state index contributed by atoms with van der Waals surface area (Å²) >= 11 is 0. The fourth-order valence-electron chi connectivity index (χ4n) is 5.51. The maximum atomic E-state index is 6.09. The van der Waals surface area contributed by atoms with Gasteiger partial charge in [-0.3, -0.25) is 0 Å². The standard InChI is InChI=1S/C28H18N2O2.C15H11N3/c1-3-9-19(10-4-1)22-18-23(20-11-5-2-6-12-20)30-28(29-22)21-15-16-26-27(17-21)32-25-14-8-7-13-24(25)31-26;1-3-7-12(8-4-1)14-16-11-17-15(18-14)13-9-5-2-6-10-13/h1-18H;1-11H. The van der Waals surface area contributed by atoms with Crippen LogP contribution in [0.15, 0.2) is 176 Å². The Balaban J connectivity index is 0.000000170. The van der Waals surface area contributed by atoms with Gasteiger partial charge in [0.15, 0.2) is 40.5 Å². The van der Waals surface area contributed by atoms with Gasteiger partial charge in [-0.15, -0.1) is 0 Å². The molecule has 0 atom stereocenters. The van der Waals surface area contributed by atoms with Gasteiger partial charge in [-0.05, 0) is 36.4 Å². The number of hydrogen-bond acceptors (Lipinski definition) is 7. The van der Waals surface area contributed by atoms with Crippen molar-refractivity contribution in [2.45, 2.75) is 0 Å². The van der Waals surface area contributed by atoms with Gasteiger partial charge in [0, 0.05) is 27.8 Å². The Morgan fingerprint density at radius 2 is 0.720 bits per heavy atom. The van der Waals surface area contributed by atoms with Crippen molar-refractivity contribution in [3.63, 3.8) is 0 Å². The molecule has 0 spiro atoms. The Bertz CT molecular complexity index is 2260. The average Bonchev–Trinajstić information content (AvgIpc) is 3.21. The molecule has 3 heterocycles. The molecule has 0 saturated heterocycles. The summed E-state index contributed by atoms with van der Waals surface area (Å²) in [6.07, 6.45) is 1.55. The first kappa shape index (κ1) is 30.4. The van der Waals surface area contributed by atoms with Gasteiger partial charge in [0.25, 0.3) is 0 Å². The van der Waals surface area contributed by atoms with Crippen molar-refractivity contribution in [2.24, 2.45) is 0 Å². The number of ether oxygens (including phenoxy) is 2. The van der Waals surface area contributed by atoms with Crippen molar-refractivity contribution in [2.75, 3.05) is 0 Å². The first-order valence-corrected chi connectivity index (χ1v) is 16.2. The summed E-state index contributed by atoms with van der Waals surface area (Å²) in [4.78, 5) is 22.7. The van der Waals surface area contributed by atoms with Gasteiger partial charge in [0.05, 0.1) is 11.4 Å². The molecular formula is C43H29N5O2. The lowest BCUT2D eigenvalue weighted by atomic mass is 10.1. The van der Waals surface area contributed by atoms with Crippen molar-refractivity contribution in [3.8, 4) is 79.7 Å². The van der Waals surface area contributed by atoms with Crippen LogP contribution in [0, 0.1) is 0 Å². The summed E-state index contributed by atoms with van der Waals surface area (Å²) in [7, 11) is 0. The van der Waals surface area contributed by atoms with E-state index in [9.17, 15) is 0 Å². The molecule has 0 bridgehead atoms. The highest BCUT2D eigenvalue weighted by atomic mass is 16.6. The highest BCUT2D eigenvalue weighted by molar-refractivity contribution is 5.73. The Labute approximate surface area is 289 Å². The van der Waals surface area contributed by atoms with E-state index in [0.717, 1.165) is 39.2 Å². The largest absolute Gasteiger partial charge is 0.450 e. The van der Waals surface area contributed by atoms with Crippen LogP contribution in [0.5, 0.6) is 23.0 Å². The van der Waals surface area contributed by atoms with E-state index in [0.29, 0.717) is 40.5 Å². The summed E-state index contributed by atoms with van der Waals surface area (Å²) < 4.78 is 12.1. The number of nitrogens with zero attached hydrogens (tertiary/aromatic N) is 5.